The second-order valence-electron chi connectivity index (χ2n) is 5.78. The van der Waals surface area contributed by atoms with Crippen molar-refractivity contribution in [1.82, 2.24) is 10.6 Å². The highest BCUT2D eigenvalue weighted by Gasteiger charge is 2.27. The predicted octanol–water partition coefficient (Wildman–Crippen LogP) is -1.79. The monoisotopic (exact) mass is 366 g/mol. The fourth-order valence-corrected chi connectivity index (χ4v) is 2.04. The van der Waals surface area contributed by atoms with E-state index in [0.29, 0.717) is 5.56 Å². The standard InChI is InChI=1S/C16H22N4O6/c1-8(16(25)26)19-15(24)12(6-9-2-4-10(21)5-3-9)20-14(23)11(17)7-13(18)22/h2-5,8,11-12,21H,6-7,17H2,1H3,(H2,18,22)(H,19,24)(H,20,23)(H,25,26). The number of benzene rings is 1. The minimum atomic E-state index is -1.24. The van der Waals surface area contributed by atoms with Crippen molar-refractivity contribution in [2.45, 2.75) is 37.9 Å². The Morgan fingerprint density at radius 2 is 1.65 bits per heavy atom. The molecule has 0 fully saturated rings. The van der Waals surface area contributed by atoms with Crippen molar-refractivity contribution < 1.29 is 29.4 Å². The molecule has 26 heavy (non-hydrogen) atoms. The van der Waals surface area contributed by atoms with Crippen molar-refractivity contribution >= 4 is 23.7 Å². The lowest BCUT2D eigenvalue weighted by Crippen LogP contribution is -2.55. The van der Waals surface area contributed by atoms with Gasteiger partial charge >= 0.3 is 5.97 Å². The van der Waals surface area contributed by atoms with Crippen LogP contribution in [0.15, 0.2) is 24.3 Å². The quantitative estimate of drug-likeness (QED) is 0.298. The summed E-state index contributed by atoms with van der Waals surface area (Å²) in [5, 5.41) is 22.9. The Bertz CT molecular complexity index is 676. The Balaban J connectivity index is 2.91. The third-order valence-corrected chi connectivity index (χ3v) is 3.50. The first-order chi connectivity index (χ1) is 12.1. The molecule has 0 aliphatic heterocycles. The number of phenolic OH excluding ortho intramolecular Hbond substituents is 1. The number of aliphatic carboxylic acids is 1. The summed E-state index contributed by atoms with van der Waals surface area (Å²) >= 11 is 0. The number of nitrogens with two attached hydrogens (primary N) is 2. The van der Waals surface area contributed by atoms with Gasteiger partial charge in [-0.3, -0.25) is 19.2 Å². The molecule has 0 bridgehead atoms. The molecule has 0 radical (unpaired) electrons. The summed E-state index contributed by atoms with van der Waals surface area (Å²) in [7, 11) is 0. The van der Waals surface area contributed by atoms with Crippen LogP contribution in [0.25, 0.3) is 0 Å². The summed E-state index contributed by atoms with van der Waals surface area (Å²) in [6.07, 6.45) is -0.377. The van der Waals surface area contributed by atoms with Crippen molar-refractivity contribution in [3.05, 3.63) is 29.8 Å². The second-order valence-corrected chi connectivity index (χ2v) is 5.78. The Hall–Kier alpha value is -3.14. The number of aromatic hydroxyl groups is 1. The van der Waals surface area contributed by atoms with Crippen LogP contribution >= 0.6 is 0 Å². The number of nitrogens with one attached hydrogen (secondary N) is 2. The average Bonchev–Trinajstić information content (AvgIpc) is 2.55. The van der Waals surface area contributed by atoms with Crippen LogP contribution in [-0.2, 0) is 25.6 Å². The Kier molecular flexibility index (Phi) is 7.53. The van der Waals surface area contributed by atoms with E-state index in [1.807, 2.05) is 0 Å². The molecule has 0 spiro atoms. The number of carbonyl (C=O) groups is 4. The molecule has 0 aromatic heterocycles. The smallest absolute Gasteiger partial charge is 0.325 e. The lowest BCUT2D eigenvalue weighted by molar-refractivity contribution is -0.141. The Labute approximate surface area is 149 Å². The maximum absolute atomic E-state index is 12.3. The molecule has 0 saturated carbocycles. The van der Waals surface area contributed by atoms with E-state index in [2.05, 4.69) is 10.6 Å². The molecular weight excluding hydrogens is 344 g/mol. The van der Waals surface area contributed by atoms with E-state index in [0.717, 1.165) is 0 Å². The first-order valence-electron chi connectivity index (χ1n) is 7.75. The lowest BCUT2D eigenvalue weighted by Gasteiger charge is -2.21. The van der Waals surface area contributed by atoms with Gasteiger partial charge in [-0.05, 0) is 24.6 Å². The molecule has 0 heterocycles. The highest BCUT2D eigenvalue weighted by molar-refractivity contribution is 5.93. The van der Waals surface area contributed by atoms with Crippen LogP contribution in [0.5, 0.6) is 5.75 Å². The Morgan fingerprint density at radius 1 is 1.08 bits per heavy atom. The van der Waals surface area contributed by atoms with Gasteiger partial charge in [0.05, 0.1) is 12.5 Å². The molecule has 10 heteroatoms. The predicted molar refractivity (Wildman–Crippen MR) is 90.8 cm³/mol. The molecule has 1 aromatic carbocycles. The SMILES string of the molecule is CC(NC(=O)C(Cc1ccc(O)cc1)NC(=O)C(N)CC(N)=O)C(=O)O. The van der Waals surface area contributed by atoms with E-state index in [4.69, 9.17) is 16.6 Å². The molecule has 0 saturated heterocycles. The Morgan fingerprint density at radius 3 is 2.15 bits per heavy atom. The van der Waals surface area contributed by atoms with E-state index in [9.17, 15) is 24.3 Å². The topological polar surface area (TPSA) is 185 Å². The van der Waals surface area contributed by atoms with Crippen molar-refractivity contribution in [1.29, 1.82) is 0 Å². The van der Waals surface area contributed by atoms with E-state index in [-0.39, 0.29) is 12.2 Å². The molecule has 10 nitrogen and oxygen atoms in total. The largest absolute Gasteiger partial charge is 0.508 e. The van der Waals surface area contributed by atoms with Crippen LogP contribution in [0.4, 0.5) is 0 Å². The second kappa shape index (κ2) is 9.37. The molecule has 0 aliphatic rings. The van der Waals surface area contributed by atoms with Crippen LogP contribution < -0.4 is 22.1 Å². The first kappa shape index (κ1) is 20.9. The zero-order valence-corrected chi connectivity index (χ0v) is 14.1. The molecule has 3 amide bonds. The van der Waals surface area contributed by atoms with Crippen molar-refractivity contribution in [2.75, 3.05) is 0 Å². The summed E-state index contributed by atoms with van der Waals surface area (Å²) in [5.74, 6) is -3.48. The fourth-order valence-electron chi connectivity index (χ4n) is 2.04. The number of hydrogen-bond donors (Lipinski definition) is 6. The summed E-state index contributed by atoms with van der Waals surface area (Å²) in [6, 6.07) is 2.38. The van der Waals surface area contributed by atoms with Crippen LogP contribution in [0.2, 0.25) is 0 Å². The van der Waals surface area contributed by atoms with Crippen LogP contribution in [0.3, 0.4) is 0 Å². The molecule has 1 aromatic rings. The average molecular weight is 366 g/mol. The van der Waals surface area contributed by atoms with Crippen LogP contribution in [-0.4, -0.2) is 52.0 Å². The maximum atomic E-state index is 12.3. The summed E-state index contributed by atoms with van der Waals surface area (Å²) in [4.78, 5) is 46.2. The molecule has 1 rings (SSSR count). The lowest BCUT2D eigenvalue weighted by atomic mass is 10.0. The van der Waals surface area contributed by atoms with Gasteiger partial charge in [-0.1, -0.05) is 12.1 Å². The van der Waals surface area contributed by atoms with Crippen LogP contribution in [0.1, 0.15) is 18.9 Å². The van der Waals surface area contributed by atoms with Gasteiger partial charge in [0.2, 0.25) is 17.7 Å². The number of rotatable bonds is 9. The van der Waals surface area contributed by atoms with Gasteiger partial charge in [0, 0.05) is 6.42 Å². The summed E-state index contributed by atoms with van der Waals surface area (Å²) in [5.41, 5.74) is 11.2. The minimum absolute atomic E-state index is 0.0213. The van der Waals surface area contributed by atoms with E-state index in [1.165, 1.54) is 19.1 Å². The third kappa shape index (κ3) is 6.77. The molecule has 142 valence electrons. The molecule has 3 unspecified atom stereocenters. The molecular formula is C16H22N4O6. The molecule has 3 atom stereocenters. The highest BCUT2D eigenvalue weighted by atomic mass is 16.4. The number of phenols is 1. The number of carboxylic acids is 1. The first-order valence-corrected chi connectivity index (χ1v) is 7.75. The van der Waals surface area contributed by atoms with Crippen molar-refractivity contribution in [3.63, 3.8) is 0 Å². The normalized spacial score (nSPS) is 13.9. The number of carboxylic acid groups (broad SMARTS) is 1. The van der Waals surface area contributed by atoms with E-state index in [1.54, 1.807) is 12.1 Å². The highest BCUT2D eigenvalue weighted by Crippen LogP contribution is 2.11. The van der Waals surface area contributed by atoms with Crippen LogP contribution in [0, 0.1) is 0 Å². The fraction of sp³-hybridized carbons (Fsp3) is 0.375. The zero-order chi connectivity index (χ0) is 19.9. The van der Waals surface area contributed by atoms with Gasteiger partial charge in [0.25, 0.3) is 0 Å². The number of carbonyl (C=O) groups excluding carboxylic acids is 3. The molecule has 8 N–H and O–H groups in total. The van der Waals surface area contributed by atoms with Gasteiger partial charge in [0.15, 0.2) is 0 Å². The summed E-state index contributed by atoms with van der Waals surface area (Å²) < 4.78 is 0. The number of primary amides is 1. The van der Waals surface area contributed by atoms with Gasteiger partial charge < -0.3 is 32.3 Å². The van der Waals surface area contributed by atoms with Gasteiger partial charge in [-0.15, -0.1) is 0 Å². The third-order valence-electron chi connectivity index (χ3n) is 3.50. The van der Waals surface area contributed by atoms with Crippen molar-refractivity contribution in [3.8, 4) is 5.75 Å². The molecule has 0 aliphatic carbocycles. The van der Waals surface area contributed by atoms with Crippen molar-refractivity contribution in [2.24, 2.45) is 11.5 Å². The van der Waals surface area contributed by atoms with Gasteiger partial charge in [-0.2, -0.15) is 0 Å². The van der Waals surface area contributed by atoms with Gasteiger partial charge in [-0.25, -0.2) is 0 Å². The number of amides is 3. The number of hydrogen-bond acceptors (Lipinski definition) is 6. The summed E-state index contributed by atoms with van der Waals surface area (Å²) in [6.45, 7) is 1.28. The zero-order valence-electron chi connectivity index (χ0n) is 14.1. The maximum Gasteiger partial charge on any atom is 0.325 e. The van der Waals surface area contributed by atoms with E-state index < -0.39 is 48.2 Å². The minimum Gasteiger partial charge on any atom is -0.508 e. The van der Waals surface area contributed by atoms with Gasteiger partial charge in [0.1, 0.15) is 17.8 Å². The van der Waals surface area contributed by atoms with E-state index >= 15 is 0 Å².